The van der Waals surface area contributed by atoms with Crippen LogP contribution < -0.4 is 22.5 Å². The number of nitrogens with one attached hydrogen (secondary N) is 1. The normalized spacial score (nSPS) is 20.7. The van der Waals surface area contributed by atoms with E-state index in [1.54, 1.807) is 4.90 Å². The molecule has 0 spiro atoms. The third kappa shape index (κ3) is 9.74. The van der Waals surface area contributed by atoms with Crippen LogP contribution in [0.25, 0.3) is 0 Å². The first kappa shape index (κ1) is 37.7. The van der Waals surface area contributed by atoms with Crippen molar-refractivity contribution in [1.82, 2.24) is 15.1 Å². The van der Waals surface area contributed by atoms with Gasteiger partial charge in [0.2, 0.25) is 17.7 Å². The average Bonchev–Trinajstić information content (AvgIpc) is 3.49. The van der Waals surface area contributed by atoms with Gasteiger partial charge in [0.15, 0.2) is 5.78 Å². The zero-order valence-corrected chi connectivity index (χ0v) is 28.7. The molecule has 2 aromatic carbocycles. The second kappa shape index (κ2) is 17.0. The van der Waals surface area contributed by atoms with Gasteiger partial charge in [-0.15, -0.1) is 0 Å². The second-order valence-electron chi connectivity index (χ2n) is 14.1. The molecule has 3 amide bonds. The first-order chi connectivity index (χ1) is 23.3. The van der Waals surface area contributed by atoms with Crippen LogP contribution in [0.5, 0.6) is 0 Å². The van der Waals surface area contributed by atoms with Crippen molar-refractivity contribution in [2.24, 2.45) is 29.0 Å². The predicted molar refractivity (Wildman–Crippen MR) is 186 cm³/mol. The standard InChI is InChI=1S/C37H52N6O6/c1-24(2)18-28(33(45)41-30(14-8-9-16-38)35(47)42-17-15-37(40,23-42)36(48)49)21-32(44)31-20-26-12-6-7-13-27(26)22-43(31)34(46)29(39)19-25-10-4-3-5-11-25/h3-7,10-13,24,28-31H,8-9,14-23,38-40H2,1-2H3,(H,41,45)(H,48,49)/t28-,29+,30+,31-,37?/m0/s1. The number of likely N-dealkylation sites (tertiary alicyclic amines) is 1. The molecule has 2 aliphatic rings. The Kier molecular flexibility index (Phi) is 13.1. The maximum atomic E-state index is 14.2. The Balaban J connectivity index is 1.53. The van der Waals surface area contributed by atoms with E-state index >= 15 is 0 Å². The third-order valence-electron chi connectivity index (χ3n) is 9.69. The largest absolute Gasteiger partial charge is 0.480 e. The van der Waals surface area contributed by atoms with E-state index in [4.69, 9.17) is 17.2 Å². The molecule has 12 nitrogen and oxygen atoms in total. The third-order valence-corrected chi connectivity index (χ3v) is 9.69. The highest BCUT2D eigenvalue weighted by Crippen LogP contribution is 2.28. The van der Waals surface area contributed by atoms with Crippen LogP contribution in [0, 0.1) is 11.8 Å². The minimum Gasteiger partial charge on any atom is -0.480 e. The van der Waals surface area contributed by atoms with Gasteiger partial charge in [-0.1, -0.05) is 68.4 Å². The van der Waals surface area contributed by atoms with Crippen LogP contribution in [0.3, 0.4) is 0 Å². The molecule has 266 valence electrons. The lowest BCUT2D eigenvalue weighted by molar-refractivity contribution is -0.144. The van der Waals surface area contributed by atoms with Crippen LogP contribution in [0.4, 0.5) is 0 Å². The highest BCUT2D eigenvalue weighted by molar-refractivity contribution is 5.95. The molecule has 0 saturated carbocycles. The molecule has 1 unspecified atom stereocenters. The molecular weight excluding hydrogens is 624 g/mol. The molecule has 8 N–H and O–H groups in total. The Bertz CT molecular complexity index is 1480. The van der Waals surface area contributed by atoms with Crippen LogP contribution in [0.15, 0.2) is 54.6 Å². The number of ketones is 1. The van der Waals surface area contributed by atoms with Gasteiger partial charge in [0, 0.05) is 38.4 Å². The Morgan fingerprint density at radius 1 is 0.980 bits per heavy atom. The summed E-state index contributed by atoms with van der Waals surface area (Å²) in [6.07, 6.45) is 2.54. The van der Waals surface area contributed by atoms with Crippen molar-refractivity contribution in [3.63, 3.8) is 0 Å². The number of carboxylic acid groups (broad SMARTS) is 1. The highest BCUT2D eigenvalue weighted by Gasteiger charge is 2.45. The summed E-state index contributed by atoms with van der Waals surface area (Å²) in [5.74, 6) is -3.27. The number of fused-ring (bicyclic) bond motifs is 1. The first-order valence-corrected chi connectivity index (χ1v) is 17.3. The smallest absolute Gasteiger partial charge is 0.325 e. The lowest BCUT2D eigenvalue weighted by atomic mass is 9.85. The van der Waals surface area contributed by atoms with Gasteiger partial charge < -0.3 is 37.4 Å². The van der Waals surface area contributed by atoms with E-state index in [1.165, 1.54) is 4.90 Å². The number of nitrogens with two attached hydrogens (primary N) is 3. The van der Waals surface area contributed by atoms with E-state index in [1.807, 2.05) is 68.4 Å². The summed E-state index contributed by atoms with van der Waals surface area (Å²) in [6, 6.07) is 14.6. The quantitative estimate of drug-likeness (QED) is 0.164. The summed E-state index contributed by atoms with van der Waals surface area (Å²) >= 11 is 0. The molecule has 2 heterocycles. The second-order valence-corrected chi connectivity index (χ2v) is 14.1. The number of carboxylic acids is 1. The minimum atomic E-state index is -1.54. The summed E-state index contributed by atoms with van der Waals surface area (Å²) in [7, 11) is 0. The molecule has 1 fully saturated rings. The molecule has 2 aromatic rings. The molecule has 1 saturated heterocycles. The summed E-state index contributed by atoms with van der Waals surface area (Å²) in [5, 5.41) is 12.5. The van der Waals surface area contributed by atoms with Crippen LogP contribution in [-0.4, -0.2) is 87.7 Å². The summed E-state index contributed by atoms with van der Waals surface area (Å²) in [6.45, 7) is 4.59. The van der Waals surface area contributed by atoms with Gasteiger partial charge in [0.25, 0.3) is 0 Å². The zero-order valence-electron chi connectivity index (χ0n) is 28.7. The van der Waals surface area contributed by atoms with E-state index in [0.29, 0.717) is 45.1 Å². The Labute approximate surface area is 288 Å². The molecule has 0 aromatic heterocycles. The number of nitrogens with zero attached hydrogens (tertiary/aromatic N) is 2. The molecule has 2 aliphatic heterocycles. The topological polar surface area (TPSA) is 202 Å². The zero-order chi connectivity index (χ0) is 35.7. The molecule has 0 aliphatic carbocycles. The number of benzene rings is 2. The Morgan fingerprint density at radius 2 is 1.65 bits per heavy atom. The average molecular weight is 677 g/mol. The number of aliphatic carboxylic acids is 1. The lowest BCUT2D eigenvalue weighted by Gasteiger charge is -2.38. The van der Waals surface area contributed by atoms with Gasteiger partial charge in [-0.05, 0) is 67.7 Å². The summed E-state index contributed by atoms with van der Waals surface area (Å²) in [5.41, 5.74) is 19.5. The number of carbonyl (C=O) groups excluding carboxylic acids is 4. The van der Waals surface area contributed by atoms with E-state index in [0.717, 1.165) is 16.7 Å². The molecule has 4 rings (SSSR count). The van der Waals surface area contributed by atoms with Crippen LogP contribution in [0.1, 0.15) is 69.1 Å². The molecular formula is C37H52N6O6. The van der Waals surface area contributed by atoms with Crippen LogP contribution >= 0.6 is 0 Å². The Morgan fingerprint density at radius 3 is 2.29 bits per heavy atom. The molecule has 0 radical (unpaired) electrons. The minimum absolute atomic E-state index is 0.0612. The van der Waals surface area contributed by atoms with E-state index in [2.05, 4.69) is 5.32 Å². The highest BCUT2D eigenvalue weighted by atomic mass is 16.4. The van der Waals surface area contributed by atoms with Crippen molar-refractivity contribution in [3.05, 3.63) is 71.3 Å². The summed E-state index contributed by atoms with van der Waals surface area (Å²) in [4.78, 5) is 70.3. The van der Waals surface area contributed by atoms with Crippen molar-refractivity contribution in [2.75, 3.05) is 19.6 Å². The fraction of sp³-hybridized carbons (Fsp3) is 0.541. The number of unbranched alkanes of at least 4 members (excludes halogenated alkanes) is 1. The maximum absolute atomic E-state index is 14.2. The number of Topliss-reactive ketones (excluding diaryl/α,β-unsaturated/α-hetero) is 1. The van der Waals surface area contributed by atoms with Gasteiger partial charge in [-0.2, -0.15) is 0 Å². The SMILES string of the molecule is CC(C)C[C@@H](CC(=O)[C@@H]1Cc2ccccc2CN1C(=O)[C@H](N)Cc1ccccc1)C(=O)N[C@H](CCCCN)C(=O)N1CCC(N)(C(=O)O)C1. The van der Waals surface area contributed by atoms with E-state index in [-0.39, 0.29) is 50.1 Å². The van der Waals surface area contributed by atoms with Gasteiger partial charge in [-0.25, -0.2) is 0 Å². The molecule has 12 heteroatoms. The van der Waals surface area contributed by atoms with Crippen LogP contribution in [-0.2, 0) is 43.4 Å². The van der Waals surface area contributed by atoms with Crippen molar-refractivity contribution >= 4 is 29.5 Å². The van der Waals surface area contributed by atoms with Gasteiger partial charge in [-0.3, -0.25) is 24.0 Å². The molecule has 49 heavy (non-hydrogen) atoms. The fourth-order valence-electron chi connectivity index (χ4n) is 6.90. The number of carbonyl (C=O) groups is 5. The Hall–Kier alpha value is -4.13. The monoisotopic (exact) mass is 676 g/mol. The molecule has 5 atom stereocenters. The van der Waals surface area contributed by atoms with Crippen LogP contribution in [0.2, 0.25) is 0 Å². The van der Waals surface area contributed by atoms with E-state index < -0.39 is 47.4 Å². The van der Waals surface area contributed by atoms with Crippen molar-refractivity contribution in [3.8, 4) is 0 Å². The van der Waals surface area contributed by atoms with Gasteiger partial charge >= 0.3 is 5.97 Å². The van der Waals surface area contributed by atoms with Crippen molar-refractivity contribution in [1.29, 1.82) is 0 Å². The number of hydrogen-bond acceptors (Lipinski definition) is 8. The fourth-order valence-corrected chi connectivity index (χ4v) is 6.90. The van der Waals surface area contributed by atoms with Gasteiger partial charge in [0.05, 0.1) is 12.1 Å². The molecule has 0 bridgehead atoms. The summed E-state index contributed by atoms with van der Waals surface area (Å²) < 4.78 is 0. The maximum Gasteiger partial charge on any atom is 0.325 e. The number of amides is 3. The van der Waals surface area contributed by atoms with Gasteiger partial charge in [0.1, 0.15) is 11.6 Å². The first-order valence-electron chi connectivity index (χ1n) is 17.3. The van der Waals surface area contributed by atoms with E-state index in [9.17, 15) is 29.1 Å². The number of rotatable bonds is 16. The predicted octanol–water partition coefficient (Wildman–Crippen LogP) is 1.76. The van der Waals surface area contributed by atoms with Crippen molar-refractivity contribution in [2.45, 2.75) is 95.4 Å². The number of hydrogen-bond donors (Lipinski definition) is 5. The van der Waals surface area contributed by atoms with Crippen molar-refractivity contribution < 1.29 is 29.1 Å². The lowest BCUT2D eigenvalue weighted by Crippen LogP contribution is -2.55.